The number of aromatic nitrogens is 1. The molecule has 88 valence electrons. The van der Waals surface area contributed by atoms with E-state index in [4.69, 9.17) is 4.74 Å². The third kappa shape index (κ3) is 2.26. The first-order valence-electron chi connectivity index (χ1n) is 5.80. The molecule has 2 heterocycles. The minimum absolute atomic E-state index is 0.551. The van der Waals surface area contributed by atoms with Crippen LogP contribution in [0, 0.1) is 0 Å². The fourth-order valence-corrected chi connectivity index (χ4v) is 2.59. The molecule has 0 spiro atoms. The molecular weight excluding hydrogens is 232 g/mol. The van der Waals surface area contributed by atoms with Crippen molar-refractivity contribution in [1.82, 2.24) is 4.98 Å². The number of fused-ring (bicyclic) bond motifs is 1. The van der Waals surface area contributed by atoms with E-state index in [2.05, 4.69) is 22.4 Å². The lowest BCUT2D eigenvalue weighted by Gasteiger charge is -2.20. The minimum atomic E-state index is 0.551. The number of nitrogens with zero attached hydrogens (tertiary/aromatic N) is 1. The Bertz CT molecular complexity index is 496. The standard InChI is InChI=1S/C13H14N2OS/c1-3-10-4-2-6-15-13(10)11(5-1)16-9-12-14-7-8-17-12/h1,3,5,7-8,15H,2,4,6,9H2. The van der Waals surface area contributed by atoms with Gasteiger partial charge in [0.25, 0.3) is 0 Å². The van der Waals surface area contributed by atoms with Crippen LogP contribution in [0.4, 0.5) is 5.69 Å². The molecule has 0 bridgehead atoms. The summed E-state index contributed by atoms with van der Waals surface area (Å²) in [7, 11) is 0. The van der Waals surface area contributed by atoms with Crippen LogP contribution in [-0.2, 0) is 13.0 Å². The molecule has 17 heavy (non-hydrogen) atoms. The molecule has 1 aliphatic heterocycles. The molecule has 2 aromatic rings. The molecule has 1 aromatic heterocycles. The highest BCUT2D eigenvalue weighted by Crippen LogP contribution is 2.32. The average Bonchev–Trinajstić information content (AvgIpc) is 2.89. The van der Waals surface area contributed by atoms with Crippen molar-refractivity contribution in [3.8, 4) is 5.75 Å². The van der Waals surface area contributed by atoms with Crippen LogP contribution >= 0.6 is 11.3 Å². The molecule has 0 radical (unpaired) electrons. The normalized spacial score (nSPS) is 13.9. The highest BCUT2D eigenvalue weighted by atomic mass is 32.1. The van der Waals surface area contributed by atoms with Gasteiger partial charge in [0.05, 0.1) is 5.69 Å². The van der Waals surface area contributed by atoms with Crippen LogP contribution in [0.3, 0.4) is 0 Å². The maximum Gasteiger partial charge on any atom is 0.143 e. The zero-order valence-electron chi connectivity index (χ0n) is 9.48. The van der Waals surface area contributed by atoms with Gasteiger partial charge in [-0.15, -0.1) is 11.3 Å². The molecule has 0 saturated carbocycles. The van der Waals surface area contributed by atoms with E-state index in [-0.39, 0.29) is 0 Å². The molecule has 0 atom stereocenters. The van der Waals surface area contributed by atoms with Crippen molar-refractivity contribution in [3.63, 3.8) is 0 Å². The maximum atomic E-state index is 5.83. The van der Waals surface area contributed by atoms with E-state index in [1.165, 1.54) is 12.0 Å². The summed E-state index contributed by atoms with van der Waals surface area (Å²) in [6.45, 7) is 1.58. The van der Waals surface area contributed by atoms with Crippen molar-refractivity contribution in [2.45, 2.75) is 19.4 Å². The summed E-state index contributed by atoms with van der Waals surface area (Å²) in [5.74, 6) is 0.942. The summed E-state index contributed by atoms with van der Waals surface area (Å²) in [5.41, 5.74) is 2.52. The summed E-state index contributed by atoms with van der Waals surface area (Å²) in [5, 5.41) is 6.40. The third-order valence-electron chi connectivity index (χ3n) is 2.87. The topological polar surface area (TPSA) is 34.1 Å². The predicted octanol–water partition coefficient (Wildman–Crippen LogP) is 3.08. The van der Waals surface area contributed by atoms with Crippen molar-refractivity contribution < 1.29 is 4.74 Å². The van der Waals surface area contributed by atoms with Gasteiger partial charge in [-0.05, 0) is 24.5 Å². The lowest BCUT2D eigenvalue weighted by Crippen LogP contribution is -2.13. The van der Waals surface area contributed by atoms with E-state index < -0.39 is 0 Å². The van der Waals surface area contributed by atoms with Crippen molar-refractivity contribution in [3.05, 3.63) is 40.3 Å². The van der Waals surface area contributed by atoms with E-state index in [1.54, 1.807) is 11.3 Å². The lowest BCUT2D eigenvalue weighted by atomic mass is 10.0. The second-order valence-corrected chi connectivity index (χ2v) is 5.01. The molecule has 0 aliphatic carbocycles. The van der Waals surface area contributed by atoms with Gasteiger partial charge in [-0.3, -0.25) is 0 Å². The monoisotopic (exact) mass is 246 g/mol. The SMILES string of the molecule is c1cc2c(c(OCc3nccs3)c1)NCCC2. The third-order valence-corrected chi connectivity index (χ3v) is 3.62. The predicted molar refractivity (Wildman–Crippen MR) is 69.7 cm³/mol. The van der Waals surface area contributed by atoms with Crippen LogP contribution < -0.4 is 10.1 Å². The summed E-state index contributed by atoms with van der Waals surface area (Å²) >= 11 is 1.62. The second-order valence-electron chi connectivity index (χ2n) is 4.04. The molecule has 3 rings (SSSR count). The van der Waals surface area contributed by atoms with Crippen LogP contribution in [0.5, 0.6) is 5.75 Å². The molecule has 0 amide bonds. The quantitative estimate of drug-likeness (QED) is 0.903. The zero-order chi connectivity index (χ0) is 11.5. The molecule has 1 N–H and O–H groups in total. The van der Waals surface area contributed by atoms with Gasteiger partial charge in [0.15, 0.2) is 0 Å². The van der Waals surface area contributed by atoms with Gasteiger partial charge in [-0.2, -0.15) is 0 Å². The Balaban J connectivity index is 1.78. The van der Waals surface area contributed by atoms with Gasteiger partial charge >= 0.3 is 0 Å². The first-order valence-corrected chi connectivity index (χ1v) is 6.68. The van der Waals surface area contributed by atoms with Crippen LogP contribution in [0.15, 0.2) is 29.8 Å². The number of benzene rings is 1. The van der Waals surface area contributed by atoms with Gasteiger partial charge in [0.2, 0.25) is 0 Å². The largest absolute Gasteiger partial charge is 0.484 e. The second kappa shape index (κ2) is 4.75. The molecule has 0 unspecified atom stereocenters. The Hall–Kier alpha value is -1.55. The number of nitrogens with one attached hydrogen (secondary N) is 1. The minimum Gasteiger partial charge on any atom is -0.484 e. The Labute approximate surface area is 104 Å². The Morgan fingerprint density at radius 2 is 2.41 bits per heavy atom. The Morgan fingerprint density at radius 1 is 1.41 bits per heavy atom. The van der Waals surface area contributed by atoms with Crippen LogP contribution in [0.1, 0.15) is 17.0 Å². The van der Waals surface area contributed by atoms with Gasteiger partial charge in [-0.1, -0.05) is 12.1 Å². The smallest absolute Gasteiger partial charge is 0.143 e. The molecule has 3 nitrogen and oxygen atoms in total. The number of thiazole rings is 1. The summed E-state index contributed by atoms with van der Waals surface area (Å²) in [4.78, 5) is 4.22. The Kier molecular flexibility index (Phi) is 2.96. The molecule has 4 heteroatoms. The van der Waals surface area contributed by atoms with Crippen molar-refractivity contribution in [1.29, 1.82) is 0 Å². The number of ether oxygens (including phenoxy) is 1. The Morgan fingerprint density at radius 3 is 3.29 bits per heavy atom. The van der Waals surface area contributed by atoms with E-state index >= 15 is 0 Å². The summed E-state index contributed by atoms with van der Waals surface area (Å²) < 4.78 is 5.83. The molecular formula is C13H14N2OS. The van der Waals surface area contributed by atoms with Gasteiger partial charge < -0.3 is 10.1 Å². The average molecular weight is 246 g/mol. The van der Waals surface area contributed by atoms with Crippen LogP contribution in [-0.4, -0.2) is 11.5 Å². The van der Waals surface area contributed by atoms with Crippen molar-refractivity contribution in [2.24, 2.45) is 0 Å². The van der Waals surface area contributed by atoms with Gasteiger partial charge in [-0.25, -0.2) is 4.98 Å². The highest BCUT2D eigenvalue weighted by molar-refractivity contribution is 7.09. The molecule has 1 aromatic carbocycles. The number of aryl methyl sites for hydroxylation is 1. The first-order chi connectivity index (χ1) is 8.43. The molecule has 0 fully saturated rings. The van der Waals surface area contributed by atoms with Gasteiger partial charge in [0, 0.05) is 18.1 Å². The van der Waals surface area contributed by atoms with E-state index in [0.717, 1.165) is 29.4 Å². The molecule has 1 aliphatic rings. The first kappa shape index (κ1) is 10.6. The van der Waals surface area contributed by atoms with Crippen molar-refractivity contribution in [2.75, 3.05) is 11.9 Å². The summed E-state index contributed by atoms with van der Waals surface area (Å²) in [6, 6.07) is 6.24. The van der Waals surface area contributed by atoms with E-state index in [0.29, 0.717) is 6.61 Å². The van der Waals surface area contributed by atoms with Crippen LogP contribution in [0.25, 0.3) is 0 Å². The fraction of sp³-hybridized carbons (Fsp3) is 0.308. The fourth-order valence-electron chi connectivity index (χ4n) is 2.06. The van der Waals surface area contributed by atoms with Crippen molar-refractivity contribution >= 4 is 17.0 Å². The lowest BCUT2D eigenvalue weighted by molar-refractivity contribution is 0.306. The number of para-hydroxylation sites is 1. The highest BCUT2D eigenvalue weighted by Gasteiger charge is 2.13. The van der Waals surface area contributed by atoms with Crippen LogP contribution in [0.2, 0.25) is 0 Å². The number of hydrogen-bond donors (Lipinski definition) is 1. The number of hydrogen-bond acceptors (Lipinski definition) is 4. The zero-order valence-corrected chi connectivity index (χ0v) is 10.3. The van der Waals surface area contributed by atoms with E-state index in [9.17, 15) is 0 Å². The maximum absolute atomic E-state index is 5.83. The summed E-state index contributed by atoms with van der Waals surface area (Å²) in [6.07, 6.45) is 4.14. The number of rotatable bonds is 3. The van der Waals surface area contributed by atoms with Gasteiger partial charge in [0.1, 0.15) is 17.4 Å². The number of anilines is 1. The van der Waals surface area contributed by atoms with E-state index in [1.807, 2.05) is 17.6 Å². The molecule has 0 saturated heterocycles.